The fourth-order valence-electron chi connectivity index (χ4n) is 3.89. The molecule has 1 spiro atoms. The number of hydrogen-bond donors (Lipinski definition) is 0. The third-order valence-electron chi connectivity index (χ3n) is 5.04. The summed E-state index contributed by atoms with van der Waals surface area (Å²) in [7, 11) is 0. The van der Waals surface area contributed by atoms with Crippen molar-refractivity contribution in [3.63, 3.8) is 0 Å². The van der Waals surface area contributed by atoms with Crippen molar-refractivity contribution in [2.45, 2.75) is 24.9 Å². The summed E-state index contributed by atoms with van der Waals surface area (Å²) in [6.45, 7) is 1.57. The van der Waals surface area contributed by atoms with E-state index in [-0.39, 0.29) is 6.61 Å². The molecule has 28 heavy (non-hydrogen) atoms. The molecule has 2 aromatic carbocycles. The lowest BCUT2D eigenvalue weighted by Gasteiger charge is -2.27. The van der Waals surface area contributed by atoms with Crippen LogP contribution in [-0.4, -0.2) is 31.0 Å². The first-order chi connectivity index (χ1) is 13.5. The number of para-hydroxylation sites is 2. The zero-order valence-electron chi connectivity index (χ0n) is 15.0. The summed E-state index contributed by atoms with van der Waals surface area (Å²) in [6, 6.07) is 13.8. The highest BCUT2D eigenvalue weighted by atomic mass is 19.3. The first-order valence-corrected chi connectivity index (χ1v) is 8.88. The Morgan fingerprint density at radius 2 is 1.86 bits per heavy atom. The van der Waals surface area contributed by atoms with Crippen LogP contribution in [0.1, 0.15) is 12.5 Å². The smallest absolute Gasteiger partial charge is 0.314 e. The second-order valence-corrected chi connectivity index (χ2v) is 6.53. The first kappa shape index (κ1) is 18.2. The Hall–Kier alpha value is -3.16. The Labute approximate surface area is 159 Å². The van der Waals surface area contributed by atoms with E-state index in [1.807, 2.05) is 0 Å². The van der Waals surface area contributed by atoms with Crippen LogP contribution in [0.2, 0.25) is 0 Å². The molecule has 0 N–H and O–H groups in total. The van der Waals surface area contributed by atoms with Gasteiger partial charge in [0.2, 0.25) is 5.54 Å². The fraction of sp³-hybridized carbons (Fsp3) is 0.300. The molecule has 0 bridgehead atoms. The van der Waals surface area contributed by atoms with Gasteiger partial charge in [-0.25, -0.2) is 8.78 Å². The van der Waals surface area contributed by atoms with Crippen LogP contribution in [0.5, 0.6) is 0 Å². The average molecular weight is 385 g/mol. The first-order valence-electron chi connectivity index (χ1n) is 8.88. The molecule has 4 rings (SSSR count). The van der Waals surface area contributed by atoms with Crippen LogP contribution >= 0.6 is 0 Å². The van der Waals surface area contributed by atoms with Gasteiger partial charge in [0.1, 0.15) is 12.0 Å². The van der Waals surface area contributed by atoms with Gasteiger partial charge in [-0.2, -0.15) is 10.2 Å². The van der Waals surface area contributed by atoms with Gasteiger partial charge in [-0.1, -0.05) is 36.4 Å². The minimum Gasteiger partial charge on any atom is -0.466 e. The molecular formula is C20H17F2N3O3. The van der Waals surface area contributed by atoms with E-state index in [1.54, 1.807) is 61.5 Å². The number of rotatable bonds is 4. The molecular weight excluding hydrogens is 368 g/mol. The van der Waals surface area contributed by atoms with Gasteiger partial charge in [0, 0.05) is 11.3 Å². The van der Waals surface area contributed by atoms with Crippen molar-refractivity contribution in [1.82, 2.24) is 0 Å². The summed E-state index contributed by atoms with van der Waals surface area (Å²) in [5.74, 6) is -3.03. The van der Waals surface area contributed by atoms with E-state index in [9.17, 15) is 18.4 Å². The van der Waals surface area contributed by atoms with Crippen LogP contribution in [0.3, 0.4) is 0 Å². The van der Waals surface area contributed by atoms with E-state index < -0.39 is 35.8 Å². The molecule has 2 aliphatic rings. The number of carbonyl (C=O) groups is 2. The molecule has 6 nitrogen and oxygen atoms in total. The number of nitrogens with zero attached hydrogens (tertiary/aromatic N) is 3. The van der Waals surface area contributed by atoms with Crippen LogP contribution in [0, 0.1) is 5.92 Å². The van der Waals surface area contributed by atoms with Gasteiger partial charge in [0.05, 0.1) is 12.3 Å². The van der Waals surface area contributed by atoms with Crippen molar-refractivity contribution in [3.05, 3.63) is 60.2 Å². The number of hydrogen-bond acceptors (Lipinski definition) is 5. The second kappa shape index (κ2) is 6.78. The summed E-state index contributed by atoms with van der Waals surface area (Å²) >= 11 is 0. The minimum absolute atomic E-state index is 0.000389. The number of esters is 1. The van der Waals surface area contributed by atoms with Crippen molar-refractivity contribution >= 4 is 23.3 Å². The van der Waals surface area contributed by atoms with Gasteiger partial charge in [-0.3, -0.25) is 14.5 Å². The Kier molecular flexibility index (Phi) is 4.41. The number of fused-ring (bicyclic) bond motifs is 2. The molecule has 0 saturated carbocycles. The van der Waals surface area contributed by atoms with Crippen LogP contribution < -0.4 is 4.90 Å². The van der Waals surface area contributed by atoms with Crippen molar-refractivity contribution in [2.75, 3.05) is 11.5 Å². The normalized spacial score (nSPS) is 25.6. The lowest BCUT2D eigenvalue weighted by Crippen LogP contribution is -2.49. The Bertz CT molecular complexity index is 951. The highest BCUT2D eigenvalue weighted by molar-refractivity contribution is 6.14. The van der Waals surface area contributed by atoms with Gasteiger partial charge in [0.15, 0.2) is 0 Å². The summed E-state index contributed by atoms with van der Waals surface area (Å²) in [6.07, 6.45) is -2.96. The number of amides is 1. The lowest BCUT2D eigenvalue weighted by molar-refractivity contribution is -0.154. The number of anilines is 2. The molecule has 0 aromatic heterocycles. The molecule has 2 heterocycles. The molecule has 3 atom stereocenters. The summed E-state index contributed by atoms with van der Waals surface area (Å²) in [5, 5.41) is 7.66. The molecule has 2 aromatic rings. The second-order valence-electron chi connectivity index (χ2n) is 6.53. The summed E-state index contributed by atoms with van der Waals surface area (Å²) < 4.78 is 32.4. The molecule has 144 valence electrons. The van der Waals surface area contributed by atoms with Crippen LogP contribution in [0.4, 0.5) is 20.2 Å². The highest BCUT2D eigenvalue weighted by Crippen LogP contribution is 2.55. The van der Waals surface area contributed by atoms with Crippen molar-refractivity contribution in [2.24, 2.45) is 16.1 Å². The van der Waals surface area contributed by atoms with E-state index in [0.717, 1.165) is 0 Å². The van der Waals surface area contributed by atoms with Gasteiger partial charge >= 0.3 is 5.97 Å². The predicted octanol–water partition coefficient (Wildman–Crippen LogP) is 3.84. The van der Waals surface area contributed by atoms with E-state index in [1.165, 1.54) is 4.90 Å². The van der Waals surface area contributed by atoms with Crippen LogP contribution in [-0.2, 0) is 19.9 Å². The van der Waals surface area contributed by atoms with Gasteiger partial charge in [0.25, 0.3) is 12.3 Å². The number of benzene rings is 2. The molecule has 0 saturated heterocycles. The molecule has 8 heteroatoms. The number of azo groups is 1. The van der Waals surface area contributed by atoms with E-state index >= 15 is 0 Å². The number of carbonyl (C=O) groups excluding carboxylic acids is 2. The van der Waals surface area contributed by atoms with Gasteiger partial charge in [-0.15, -0.1) is 0 Å². The highest BCUT2D eigenvalue weighted by Gasteiger charge is 2.66. The number of ether oxygens (including phenoxy) is 1. The molecule has 2 aliphatic heterocycles. The Morgan fingerprint density at radius 1 is 1.18 bits per heavy atom. The quantitative estimate of drug-likeness (QED) is 0.751. The van der Waals surface area contributed by atoms with E-state index in [4.69, 9.17) is 4.74 Å². The lowest BCUT2D eigenvalue weighted by atomic mass is 9.77. The van der Waals surface area contributed by atoms with E-state index in [2.05, 4.69) is 10.2 Å². The maximum absolute atomic E-state index is 13.7. The van der Waals surface area contributed by atoms with Crippen molar-refractivity contribution < 1.29 is 23.1 Å². The van der Waals surface area contributed by atoms with Crippen LogP contribution in [0.15, 0.2) is 64.8 Å². The maximum atomic E-state index is 13.7. The summed E-state index contributed by atoms with van der Waals surface area (Å²) in [5.41, 5.74) is -0.453. The SMILES string of the molecule is CCOC(=O)C1C(C(F)F)N=NC12C(=O)N(c1ccccc1)c1ccccc12. The average Bonchev–Trinajstić information content (AvgIpc) is 3.21. The number of halogens is 2. The number of alkyl halides is 2. The van der Waals surface area contributed by atoms with Crippen molar-refractivity contribution in [3.8, 4) is 0 Å². The molecule has 0 fully saturated rings. The third-order valence-corrected chi connectivity index (χ3v) is 5.04. The fourth-order valence-corrected chi connectivity index (χ4v) is 3.89. The molecule has 0 aliphatic carbocycles. The molecule has 1 amide bonds. The van der Waals surface area contributed by atoms with Crippen LogP contribution in [0.25, 0.3) is 0 Å². The largest absolute Gasteiger partial charge is 0.466 e. The summed E-state index contributed by atoms with van der Waals surface area (Å²) in [4.78, 5) is 27.7. The standard InChI is InChI=1S/C20H17F2N3O3/c1-2-28-18(26)15-16(17(21)22)23-24-20(15)13-10-6-7-11-14(13)25(19(20)27)12-8-4-3-5-9-12/h3-11,15-17H,2H2,1H3. The monoisotopic (exact) mass is 385 g/mol. The van der Waals surface area contributed by atoms with Gasteiger partial charge < -0.3 is 4.74 Å². The molecule has 3 unspecified atom stereocenters. The maximum Gasteiger partial charge on any atom is 0.314 e. The third kappa shape index (κ3) is 2.44. The molecule has 0 radical (unpaired) electrons. The minimum atomic E-state index is -2.96. The van der Waals surface area contributed by atoms with E-state index in [0.29, 0.717) is 16.9 Å². The van der Waals surface area contributed by atoms with Gasteiger partial charge in [-0.05, 0) is 25.1 Å². The zero-order chi connectivity index (χ0) is 19.9. The Balaban J connectivity index is 1.92. The van der Waals surface area contributed by atoms with Crippen molar-refractivity contribution in [1.29, 1.82) is 0 Å². The topological polar surface area (TPSA) is 71.3 Å². The zero-order valence-corrected chi connectivity index (χ0v) is 15.0. The predicted molar refractivity (Wildman–Crippen MR) is 96.5 cm³/mol. The Morgan fingerprint density at radius 3 is 2.54 bits per heavy atom.